The topological polar surface area (TPSA) is 135 Å². The van der Waals surface area contributed by atoms with Gasteiger partial charge in [0.15, 0.2) is 0 Å². The van der Waals surface area contributed by atoms with Crippen LogP contribution in [0.25, 0.3) is 5.70 Å². The second-order valence-corrected chi connectivity index (χ2v) is 16.7. The number of nitrogens with zero attached hydrogens (tertiary/aromatic N) is 6. The van der Waals surface area contributed by atoms with E-state index in [4.69, 9.17) is 27.9 Å². The van der Waals surface area contributed by atoms with Gasteiger partial charge in [-0.3, -0.25) is 14.7 Å². The number of rotatable bonds is 11. The number of anilines is 1. The third-order valence-corrected chi connectivity index (χ3v) is 12.8. The average molecular weight is 766 g/mol. The first-order valence-electron chi connectivity index (χ1n) is 17.5. The third-order valence-electron chi connectivity index (χ3n) is 9.91. The van der Waals surface area contributed by atoms with Crippen molar-refractivity contribution in [2.75, 3.05) is 31.5 Å². The van der Waals surface area contributed by atoms with Gasteiger partial charge >= 0.3 is 0 Å². The Labute approximate surface area is 314 Å². The highest BCUT2D eigenvalue weighted by atomic mass is 35.5. The van der Waals surface area contributed by atoms with Crippen LogP contribution in [0.5, 0.6) is 5.75 Å². The van der Waals surface area contributed by atoms with Crippen LogP contribution in [0.3, 0.4) is 0 Å². The highest BCUT2D eigenvalue weighted by molar-refractivity contribution is 7.89. The molecular formula is C37H42Cl2N8O4S. The zero-order valence-electron chi connectivity index (χ0n) is 29.1. The number of fused-ring (bicyclic) bond motifs is 1. The number of ether oxygens (including phenoxy) is 1. The normalized spacial score (nSPS) is 19.5. The SMILES string of the molecule is CC1(C)C=C(n2cncn2)c2cccc(OCc3c(Cl)ccc(S(=O)(=O)N4CCC[C@H]4C(=O)NCC4CCN(Cc5ccccn5)CC4)c3Cl)c2N1. The van der Waals surface area contributed by atoms with Crippen molar-refractivity contribution in [2.24, 2.45) is 5.92 Å². The molecule has 0 aliphatic carbocycles. The van der Waals surface area contributed by atoms with Gasteiger partial charge in [-0.05, 0) is 94.9 Å². The van der Waals surface area contributed by atoms with Crippen molar-refractivity contribution in [1.29, 1.82) is 0 Å². The standard InChI is InChI=1S/C37H42Cl2N8O4S/c1-37(2)19-31(46-24-40-23-43-46)27-8-5-10-32(35(27)44-37)51-22-28-29(38)11-12-33(34(28)39)52(49,50)47-16-6-9-30(47)36(48)42-20-25-13-17-45(18-14-25)21-26-7-3-4-15-41-26/h3-5,7-8,10-12,15,19,23-25,30,44H,6,9,13-14,16-18,20-22H2,1-2H3,(H,42,48)/t30-/m0/s1. The minimum Gasteiger partial charge on any atom is -0.487 e. The van der Waals surface area contributed by atoms with Gasteiger partial charge in [-0.25, -0.2) is 18.1 Å². The van der Waals surface area contributed by atoms with Crippen LogP contribution in [0.2, 0.25) is 10.0 Å². The monoisotopic (exact) mass is 764 g/mol. The Kier molecular flexibility index (Phi) is 10.6. The Morgan fingerprint density at radius 3 is 2.63 bits per heavy atom. The Balaban J connectivity index is 1.02. The van der Waals surface area contributed by atoms with Crippen molar-refractivity contribution in [3.05, 3.63) is 100 Å². The van der Waals surface area contributed by atoms with E-state index < -0.39 is 21.6 Å². The van der Waals surface area contributed by atoms with Gasteiger partial charge in [0.25, 0.3) is 0 Å². The zero-order valence-corrected chi connectivity index (χ0v) is 31.5. The van der Waals surface area contributed by atoms with Gasteiger partial charge in [0.1, 0.15) is 35.9 Å². The largest absolute Gasteiger partial charge is 0.487 e. The van der Waals surface area contributed by atoms with Gasteiger partial charge < -0.3 is 15.4 Å². The molecule has 2 aromatic heterocycles. The maximum absolute atomic E-state index is 14.1. The lowest BCUT2D eigenvalue weighted by Crippen LogP contribution is -2.47. The predicted molar refractivity (Wildman–Crippen MR) is 200 cm³/mol. The molecule has 3 aliphatic rings. The summed E-state index contributed by atoms with van der Waals surface area (Å²) in [5.74, 6) is 0.575. The number of carbonyl (C=O) groups is 1. The number of amides is 1. The van der Waals surface area contributed by atoms with E-state index in [1.165, 1.54) is 22.8 Å². The molecule has 2 aromatic carbocycles. The maximum Gasteiger partial charge on any atom is 0.245 e. The molecule has 15 heteroatoms. The summed E-state index contributed by atoms with van der Waals surface area (Å²) in [4.78, 5) is 24.3. The number of piperidine rings is 1. The van der Waals surface area contributed by atoms with E-state index in [0.29, 0.717) is 36.6 Å². The fraction of sp³-hybridized carbons (Fsp3) is 0.405. The summed E-state index contributed by atoms with van der Waals surface area (Å²) < 4.78 is 37.6. The van der Waals surface area contributed by atoms with Gasteiger partial charge in [-0.1, -0.05) is 41.4 Å². The molecule has 0 bridgehead atoms. The Hall–Kier alpha value is -4.01. The molecule has 0 saturated carbocycles. The van der Waals surface area contributed by atoms with Crippen LogP contribution in [-0.4, -0.2) is 81.0 Å². The third kappa shape index (κ3) is 7.69. The molecule has 4 aromatic rings. The summed E-state index contributed by atoms with van der Waals surface area (Å²) in [5.41, 5.74) is 3.39. The van der Waals surface area contributed by atoms with Gasteiger partial charge in [0.2, 0.25) is 15.9 Å². The number of para-hydroxylation sites is 1. The lowest BCUT2D eigenvalue weighted by Gasteiger charge is -2.33. The van der Waals surface area contributed by atoms with Crippen molar-refractivity contribution in [3.63, 3.8) is 0 Å². The lowest BCUT2D eigenvalue weighted by atomic mass is 9.94. The van der Waals surface area contributed by atoms with Gasteiger partial charge in [0, 0.05) is 42.0 Å². The van der Waals surface area contributed by atoms with Crippen molar-refractivity contribution in [3.8, 4) is 5.75 Å². The van der Waals surface area contributed by atoms with E-state index in [1.54, 1.807) is 11.0 Å². The minimum absolute atomic E-state index is 0.0303. The number of benzene rings is 2. The molecule has 1 amide bonds. The molecule has 274 valence electrons. The Morgan fingerprint density at radius 2 is 1.88 bits per heavy atom. The minimum atomic E-state index is -4.15. The summed E-state index contributed by atoms with van der Waals surface area (Å²) in [7, 11) is -4.15. The molecule has 5 heterocycles. The molecule has 0 unspecified atom stereocenters. The van der Waals surface area contributed by atoms with E-state index in [1.807, 2.05) is 56.4 Å². The van der Waals surface area contributed by atoms with Gasteiger partial charge in [0.05, 0.1) is 27.6 Å². The fourth-order valence-electron chi connectivity index (χ4n) is 7.20. The van der Waals surface area contributed by atoms with Crippen LogP contribution in [-0.2, 0) is 28.0 Å². The molecule has 0 radical (unpaired) electrons. The smallest absolute Gasteiger partial charge is 0.245 e. The van der Waals surface area contributed by atoms with Crippen LogP contribution in [0.1, 0.15) is 56.4 Å². The number of likely N-dealkylation sites (tertiary alicyclic amines) is 1. The number of sulfonamides is 1. The molecule has 2 N–H and O–H groups in total. The molecular weight excluding hydrogens is 723 g/mol. The number of nitrogens with one attached hydrogen (secondary N) is 2. The van der Waals surface area contributed by atoms with Crippen molar-refractivity contribution in [1.82, 2.24) is 34.3 Å². The molecule has 2 saturated heterocycles. The Morgan fingerprint density at radius 1 is 1.06 bits per heavy atom. The number of halogens is 2. The maximum atomic E-state index is 14.1. The van der Waals surface area contributed by atoms with E-state index in [0.717, 1.165) is 55.1 Å². The zero-order chi connectivity index (χ0) is 36.5. The summed E-state index contributed by atoms with van der Waals surface area (Å²) in [6, 6.07) is 13.7. The summed E-state index contributed by atoms with van der Waals surface area (Å²) in [5, 5.41) is 11.1. The van der Waals surface area contributed by atoms with E-state index in [9.17, 15) is 13.2 Å². The van der Waals surface area contributed by atoms with Gasteiger partial charge in [-0.15, -0.1) is 0 Å². The number of aromatic nitrogens is 4. The second kappa shape index (κ2) is 15.2. The molecule has 1 atom stereocenters. The fourth-order valence-corrected chi connectivity index (χ4v) is 9.72. The highest BCUT2D eigenvalue weighted by Crippen LogP contribution is 2.42. The van der Waals surface area contributed by atoms with Gasteiger partial charge in [-0.2, -0.15) is 9.40 Å². The molecule has 7 rings (SSSR count). The first kappa shape index (κ1) is 36.4. The first-order valence-corrected chi connectivity index (χ1v) is 19.7. The molecule has 52 heavy (non-hydrogen) atoms. The summed E-state index contributed by atoms with van der Waals surface area (Å²) in [6.45, 7) is 7.36. The summed E-state index contributed by atoms with van der Waals surface area (Å²) in [6.07, 6.45) is 9.89. The summed E-state index contributed by atoms with van der Waals surface area (Å²) >= 11 is 13.5. The lowest BCUT2D eigenvalue weighted by molar-refractivity contribution is -0.124. The average Bonchev–Trinajstić information content (AvgIpc) is 3.85. The van der Waals surface area contributed by atoms with E-state index in [-0.39, 0.29) is 34.0 Å². The van der Waals surface area contributed by atoms with Crippen LogP contribution >= 0.6 is 23.2 Å². The van der Waals surface area contributed by atoms with Crippen molar-refractivity contribution >= 4 is 50.5 Å². The Bertz CT molecular complexity index is 2050. The highest BCUT2D eigenvalue weighted by Gasteiger charge is 2.41. The van der Waals surface area contributed by atoms with Crippen LogP contribution in [0.15, 0.2) is 78.4 Å². The van der Waals surface area contributed by atoms with Crippen LogP contribution in [0, 0.1) is 5.92 Å². The van der Waals surface area contributed by atoms with Crippen LogP contribution in [0.4, 0.5) is 5.69 Å². The molecule has 0 spiro atoms. The van der Waals surface area contributed by atoms with E-state index >= 15 is 0 Å². The quantitative estimate of drug-likeness (QED) is 0.193. The van der Waals surface area contributed by atoms with Crippen LogP contribution < -0.4 is 15.4 Å². The predicted octanol–water partition coefficient (Wildman–Crippen LogP) is 5.83. The molecule has 2 fully saturated rings. The number of carbonyl (C=O) groups excluding carboxylic acids is 1. The van der Waals surface area contributed by atoms with Crippen molar-refractivity contribution in [2.45, 2.75) is 69.2 Å². The first-order chi connectivity index (χ1) is 25.0. The second-order valence-electron chi connectivity index (χ2n) is 14.1. The number of pyridine rings is 1. The molecule has 3 aliphatic heterocycles. The van der Waals surface area contributed by atoms with E-state index in [2.05, 4.69) is 36.7 Å². The number of hydrogen-bond donors (Lipinski definition) is 2. The number of hydrogen-bond acceptors (Lipinski definition) is 9. The molecule has 12 nitrogen and oxygen atoms in total. The van der Waals surface area contributed by atoms with Crippen molar-refractivity contribution < 1.29 is 17.9 Å².